The molecule has 0 bridgehead atoms. The van der Waals surface area contributed by atoms with Crippen LogP contribution in [0.25, 0.3) is 0 Å². The molecule has 1 aliphatic rings. The van der Waals surface area contributed by atoms with Gasteiger partial charge in [0.05, 0.1) is 18.8 Å². The molecule has 1 fully saturated rings. The Hall–Kier alpha value is -0.200. The van der Waals surface area contributed by atoms with Gasteiger partial charge < -0.3 is 25.8 Å². The van der Waals surface area contributed by atoms with E-state index in [0.29, 0.717) is 0 Å². The maximum atomic E-state index is 9.45. The molecule has 0 aromatic carbocycles. The minimum absolute atomic E-state index is 0.272. The zero-order valence-corrected chi connectivity index (χ0v) is 6.92. The van der Waals surface area contributed by atoms with Crippen LogP contribution in [-0.4, -0.2) is 46.5 Å². The lowest BCUT2D eigenvalue weighted by Crippen LogP contribution is -2.57. The van der Waals surface area contributed by atoms with Crippen molar-refractivity contribution >= 4 is 0 Å². The van der Waals surface area contributed by atoms with Gasteiger partial charge in [0.15, 0.2) is 6.29 Å². The van der Waals surface area contributed by atoms with E-state index in [9.17, 15) is 10.2 Å². The molecular formula is C7H15NO4. The molecular weight excluding hydrogens is 162 g/mol. The summed E-state index contributed by atoms with van der Waals surface area (Å²) in [5, 5.41) is 27.4. The average molecular weight is 177 g/mol. The van der Waals surface area contributed by atoms with E-state index in [1.807, 2.05) is 0 Å². The molecule has 0 saturated carbocycles. The second-order valence-corrected chi connectivity index (χ2v) is 3.17. The van der Waals surface area contributed by atoms with Gasteiger partial charge in [-0.25, -0.2) is 0 Å². The van der Waals surface area contributed by atoms with Gasteiger partial charge in [-0.2, -0.15) is 0 Å². The van der Waals surface area contributed by atoms with Crippen LogP contribution in [0.5, 0.6) is 0 Å². The summed E-state index contributed by atoms with van der Waals surface area (Å²) in [6.45, 7) is 1.40. The number of hydrogen-bond donors (Lipinski definition) is 4. The Labute approximate surface area is 70.8 Å². The summed E-state index contributed by atoms with van der Waals surface area (Å²) < 4.78 is 4.86. The van der Waals surface area contributed by atoms with E-state index in [4.69, 9.17) is 15.6 Å². The van der Waals surface area contributed by atoms with Crippen LogP contribution in [0.15, 0.2) is 0 Å². The van der Waals surface area contributed by atoms with Crippen LogP contribution in [0.2, 0.25) is 0 Å². The Morgan fingerprint density at radius 2 is 2.00 bits per heavy atom. The number of aliphatic hydroxyl groups is 3. The van der Waals surface area contributed by atoms with Gasteiger partial charge >= 0.3 is 0 Å². The van der Waals surface area contributed by atoms with Crippen LogP contribution in [-0.2, 0) is 4.74 Å². The van der Waals surface area contributed by atoms with E-state index < -0.39 is 24.5 Å². The van der Waals surface area contributed by atoms with Gasteiger partial charge in [-0.1, -0.05) is 6.92 Å². The van der Waals surface area contributed by atoms with Crippen molar-refractivity contribution in [2.24, 2.45) is 11.7 Å². The van der Waals surface area contributed by atoms with E-state index >= 15 is 0 Å². The highest BCUT2D eigenvalue weighted by molar-refractivity contribution is 4.87. The lowest BCUT2D eigenvalue weighted by atomic mass is 9.90. The van der Waals surface area contributed by atoms with E-state index in [1.165, 1.54) is 0 Å². The SMILES string of the molecule is C[C@H]1C(O)C(CO)O[C@@H](O)C1N. The maximum Gasteiger partial charge on any atom is 0.170 e. The van der Waals surface area contributed by atoms with Crippen molar-refractivity contribution in [2.75, 3.05) is 6.61 Å². The van der Waals surface area contributed by atoms with Crippen LogP contribution in [0, 0.1) is 5.92 Å². The van der Waals surface area contributed by atoms with E-state index in [0.717, 1.165) is 0 Å². The molecule has 0 amide bonds. The number of rotatable bonds is 1. The van der Waals surface area contributed by atoms with Gasteiger partial charge in [-0.3, -0.25) is 0 Å². The molecule has 0 aromatic rings. The zero-order chi connectivity index (χ0) is 9.30. The molecule has 1 heterocycles. The fraction of sp³-hybridized carbons (Fsp3) is 1.00. The van der Waals surface area contributed by atoms with Crippen molar-refractivity contribution < 1.29 is 20.1 Å². The second kappa shape index (κ2) is 3.68. The third-order valence-electron chi connectivity index (χ3n) is 2.35. The van der Waals surface area contributed by atoms with Crippen LogP contribution in [0.3, 0.4) is 0 Å². The zero-order valence-electron chi connectivity index (χ0n) is 6.92. The first-order valence-corrected chi connectivity index (χ1v) is 3.96. The minimum atomic E-state index is -1.10. The first-order valence-electron chi connectivity index (χ1n) is 3.96. The van der Waals surface area contributed by atoms with Gasteiger partial charge in [0, 0.05) is 5.92 Å². The van der Waals surface area contributed by atoms with Gasteiger partial charge in [-0.15, -0.1) is 0 Å². The minimum Gasteiger partial charge on any atom is -0.394 e. The number of aliphatic hydroxyl groups excluding tert-OH is 3. The van der Waals surface area contributed by atoms with Crippen LogP contribution in [0.1, 0.15) is 6.92 Å². The van der Waals surface area contributed by atoms with Crippen molar-refractivity contribution in [1.29, 1.82) is 0 Å². The molecule has 1 aliphatic heterocycles. The van der Waals surface area contributed by atoms with Gasteiger partial charge in [0.25, 0.3) is 0 Å². The van der Waals surface area contributed by atoms with E-state index in [2.05, 4.69) is 0 Å². The predicted molar refractivity (Wildman–Crippen MR) is 41.1 cm³/mol. The topological polar surface area (TPSA) is 95.9 Å². The van der Waals surface area contributed by atoms with Gasteiger partial charge in [0.1, 0.15) is 6.10 Å². The molecule has 12 heavy (non-hydrogen) atoms. The first kappa shape index (κ1) is 9.88. The van der Waals surface area contributed by atoms with Crippen LogP contribution < -0.4 is 5.73 Å². The first-order chi connectivity index (χ1) is 5.57. The van der Waals surface area contributed by atoms with E-state index in [-0.39, 0.29) is 12.5 Å². The van der Waals surface area contributed by atoms with Crippen molar-refractivity contribution in [2.45, 2.75) is 31.5 Å². The van der Waals surface area contributed by atoms with Crippen molar-refractivity contribution in [1.82, 2.24) is 0 Å². The number of nitrogens with two attached hydrogens (primary N) is 1. The number of hydrogen-bond acceptors (Lipinski definition) is 5. The Morgan fingerprint density at radius 1 is 1.42 bits per heavy atom. The molecule has 0 radical (unpaired) electrons. The van der Waals surface area contributed by atoms with E-state index in [1.54, 1.807) is 6.92 Å². The Bertz CT molecular complexity index is 150. The summed E-state index contributed by atoms with van der Waals surface area (Å²) in [7, 11) is 0. The summed E-state index contributed by atoms with van der Waals surface area (Å²) in [6.07, 6.45) is -2.64. The molecule has 1 saturated heterocycles. The molecule has 0 spiro atoms. The summed E-state index contributed by atoms with van der Waals surface area (Å²) in [6, 6.07) is -0.595. The summed E-state index contributed by atoms with van der Waals surface area (Å²) >= 11 is 0. The third kappa shape index (κ3) is 1.60. The normalized spacial score (nSPS) is 49.2. The molecule has 0 aliphatic carbocycles. The highest BCUT2D eigenvalue weighted by Crippen LogP contribution is 2.22. The molecule has 3 unspecified atom stereocenters. The summed E-state index contributed by atoms with van der Waals surface area (Å²) in [5.74, 6) is -0.272. The number of ether oxygens (including phenoxy) is 1. The molecule has 5 nitrogen and oxygen atoms in total. The largest absolute Gasteiger partial charge is 0.394 e. The Balaban J connectivity index is 2.63. The molecule has 72 valence electrons. The maximum absolute atomic E-state index is 9.45. The Morgan fingerprint density at radius 3 is 2.50 bits per heavy atom. The average Bonchev–Trinajstić information content (AvgIpc) is 2.08. The molecule has 5 atom stereocenters. The molecule has 5 N–H and O–H groups in total. The highest BCUT2D eigenvalue weighted by Gasteiger charge is 2.39. The fourth-order valence-corrected chi connectivity index (χ4v) is 1.33. The Kier molecular flexibility index (Phi) is 3.03. The van der Waals surface area contributed by atoms with Crippen LogP contribution in [0.4, 0.5) is 0 Å². The van der Waals surface area contributed by atoms with Gasteiger partial charge in [0.2, 0.25) is 0 Å². The smallest absolute Gasteiger partial charge is 0.170 e. The summed E-state index contributed by atoms with van der Waals surface area (Å²) in [4.78, 5) is 0. The second-order valence-electron chi connectivity index (χ2n) is 3.17. The summed E-state index contributed by atoms with van der Waals surface area (Å²) in [5.41, 5.74) is 5.51. The quantitative estimate of drug-likeness (QED) is 0.372. The predicted octanol–water partition coefficient (Wildman–Crippen LogP) is -1.98. The third-order valence-corrected chi connectivity index (χ3v) is 2.35. The monoisotopic (exact) mass is 177 g/mol. The highest BCUT2D eigenvalue weighted by atomic mass is 16.6. The lowest BCUT2D eigenvalue weighted by molar-refractivity contribution is -0.233. The van der Waals surface area contributed by atoms with Gasteiger partial charge in [-0.05, 0) is 0 Å². The van der Waals surface area contributed by atoms with Crippen molar-refractivity contribution in [3.05, 3.63) is 0 Å². The fourth-order valence-electron chi connectivity index (χ4n) is 1.33. The molecule has 1 rings (SSSR count). The molecule has 5 heteroatoms. The lowest BCUT2D eigenvalue weighted by Gasteiger charge is -2.39. The van der Waals surface area contributed by atoms with Crippen LogP contribution >= 0.6 is 0 Å². The standard InChI is InChI=1S/C7H15NO4/c1-3-5(8)7(11)12-4(2-9)6(3)10/h3-7,9-11H,2,8H2,1H3/t3-,4?,5?,6?,7-/m1/s1. The van der Waals surface area contributed by atoms with Crippen molar-refractivity contribution in [3.63, 3.8) is 0 Å². The molecule has 0 aromatic heterocycles. The van der Waals surface area contributed by atoms with Crippen molar-refractivity contribution in [3.8, 4) is 0 Å².